The van der Waals surface area contributed by atoms with Crippen LogP contribution in [0.15, 0.2) is 36.5 Å². The van der Waals surface area contributed by atoms with Crippen molar-refractivity contribution in [3.8, 4) is 0 Å². The summed E-state index contributed by atoms with van der Waals surface area (Å²) in [5.41, 5.74) is 3.69. The van der Waals surface area contributed by atoms with Gasteiger partial charge in [0.05, 0.1) is 13.2 Å². The van der Waals surface area contributed by atoms with Crippen LogP contribution >= 0.6 is 0 Å². The van der Waals surface area contributed by atoms with Crippen LogP contribution < -0.4 is 14.7 Å². The average Bonchev–Trinajstić information content (AvgIpc) is 3.19. The maximum atomic E-state index is 13.7. The minimum Gasteiger partial charge on any atom is -0.378 e. The summed E-state index contributed by atoms with van der Waals surface area (Å²) in [6, 6.07) is 9.56. The molecular weight excluding hydrogens is 355 g/mol. The van der Waals surface area contributed by atoms with Gasteiger partial charge in [0, 0.05) is 61.9 Å². The monoisotopic (exact) mass is 382 g/mol. The molecule has 0 amide bonds. The van der Waals surface area contributed by atoms with Gasteiger partial charge in [-0.25, -0.2) is 9.37 Å². The number of morpholine rings is 1. The number of piperidine rings is 1. The Morgan fingerprint density at radius 2 is 1.93 bits per heavy atom. The van der Waals surface area contributed by atoms with E-state index in [1.54, 1.807) is 12.1 Å². The van der Waals surface area contributed by atoms with Crippen LogP contribution in [0.2, 0.25) is 0 Å². The molecule has 5 nitrogen and oxygen atoms in total. The van der Waals surface area contributed by atoms with E-state index >= 15 is 0 Å². The van der Waals surface area contributed by atoms with E-state index in [4.69, 9.17) is 9.72 Å². The van der Waals surface area contributed by atoms with E-state index in [1.807, 2.05) is 12.3 Å². The standard InChI is InChI=1S/C22H27FN4O/c23-17-3-1-4-18(15-17)26-9-2-5-19(16-26)27-10-7-20-21(6-8-24-22(20)27)25-11-13-28-14-12-25/h1,3-4,6,8,15,19H,2,5,7,9-14,16H2/t19-/m1/s1. The van der Waals surface area contributed by atoms with Crippen molar-refractivity contribution in [3.63, 3.8) is 0 Å². The first-order chi connectivity index (χ1) is 13.8. The third kappa shape index (κ3) is 3.30. The second-order valence-electron chi connectivity index (χ2n) is 7.90. The van der Waals surface area contributed by atoms with Crippen LogP contribution in [0.25, 0.3) is 0 Å². The van der Waals surface area contributed by atoms with Crippen LogP contribution in [0, 0.1) is 5.82 Å². The van der Waals surface area contributed by atoms with E-state index in [1.165, 1.54) is 17.3 Å². The maximum absolute atomic E-state index is 13.7. The number of hydrogen-bond donors (Lipinski definition) is 0. The van der Waals surface area contributed by atoms with Crippen molar-refractivity contribution in [1.82, 2.24) is 4.98 Å². The molecule has 0 spiro atoms. The number of anilines is 3. The molecule has 5 rings (SSSR count). The van der Waals surface area contributed by atoms with Crippen LogP contribution in [-0.4, -0.2) is 57.0 Å². The summed E-state index contributed by atoms with van der Waals surface area (Å²) >= 11 is 0. The third-order valence-electron chi connectivity index (χ3n) is 6.25. The molecule has 1 aromatic carbocycles. The number of fused-ring (bicyclic) bond motifs is 1. The molecule has 1 aromatic heterocycles. The lowest BCUT2D eigenvalue weighted by molar-refractivity contribution is 0.122. The predicted octanol–water partition coefficient (Wildman–Crippen LogP) is 3.09. The molecule has 148 valence electrons. The van der Waals surface area contributed by atoms with Crippen molar-refractivity contribution in [3.05, 3.63) is 47.9 Å². The highest BCUT2D eigenvalue weighted by Gasteiger charge is 2.33. The fraction of sp³-hybridized carbons (Fsp3) is 0.500. The van der Waals surface area contributed by atoms with Crippen molar-refractivity contribution in [2.75, 3.05) is 60.6 Å². The van der Waals surface area contributed by atoms with Crippen LogP contribution in [0.4, 0.5) is 21.6 Å². The molecule has 0 N–H and O–H groups in total. The van der Waals surface area contributed by atoms with Crippen LogP contribution in [0.1, 0.15) is 18.4 Å². The highest BCUT2D eigenvalue weighted by Crippen LogP contribution is 2.37. The van der Waals surface area contributed by atoms with Crippen LogP contribution in [-0.2, 0) is 11.2 Å². The van der Waals surface area contributed by atoms with Crippen molar-refractivity contribution < 1.29 is 9.13 Å². The Balaban J connectivity index is 1.37. The van der Waals surface area contributed by atoms with E-state index in [9.17, 15) is 4.39 Å². The van der Waals surface area contributed by atoms with Gasteiger partial charge in [-0.1, -0.05) is 6.07 Å². The van der Waals surface area contributed by atoms with Gasteiger partial charge < -0.3 is 19.4 Å². The minimum absolute atomic E-state index is 0.164. The van der Waals surface area contributed by atoms with E-state index in [0.29, 0.717) is 6.04 Å². The zero-order valence-corrected chi connectivity index (χ0v) is 16.2. The molecule has 3 aliphatic rings. The number of ether oxygens (including phenoxy) is 1. The molecule has 0 saturated carbocycles. The Morgan fingerprint density at radius 1 is 1.04 bits per heavy atom. The number of nitrogens with zero attached hydrogens (tertiary/aromatic N) is 4. The van der Waals surface area contributed by atoms with E-state index in [2.05, 4.69) is 20.8 Å². The largest absolute Gasteiger partial charge is 0.378 e. The van der Waals surface area contributed by atoms with E-state index in [-0.39, 0.29) is 5.82 Å². The predicted molar refractivity (Wildman–Crippen MR) is 110 cm³/mol. The van der Waals surface area contributed by atoms with Gasteiger partial charge in [-0.05, 0) is 43.5 Å². The fourth-order valence-corrected chi connectivity index (χ4v) is 4.87. The maximum Gasteiger partial charge on any atom is 0.134 e. The summed E-state index contributed by atoms with van der Waals surface area (Å²) in [7, 11) is 0. The number of hydrogen-bond acceptors (Lipinski definition) is 5. The van der Waals surface area contributed by atoms with E-state index in [0.717, 1.165) is 76.7 Å². The topological polar surface area (TPSA) is 31.8 Å². The Hall–Kier alpha value is -2.34. The molecule has 1 atom stereocenters. The van der Waals surface area contributed by atoms with Crippen LogP contribution in [0.5, 0.6) is 0 Å². The molecule has 0 unspecified atom stereocenters. The lowest BCUT2D eigenvalue weighted by Gasteiger charge is -2.39. The number of rotatable bonds is 3. The first-order valence-electron chi connectivity index (χ1n) is 10.4. The normalized spacial score (nSPS) is 22.5. The van der Waals surface area contributed by atoms with Gasteiger partial charge in [-0.3, -0.25) is 0 Å². The van der Waals surface area contributed by atoms with Gasteiger partial charge in [-0.15, -0.1) is 0 Å². The molecule has 0 aliphatic carbocycles. The Bertz CT molecular complexity index is 839. The summed E-state index contributed by atoms with van der Waals surface area (Å²) in [6.45, 7) is 6.43. The van der Waals surface area contributed by atoms with Gasteiger partial charge >= 0.3 is 0 Å². The van der Waals surface area contributed by atoms with E-state index < -0.39 is 0 Å². The SMILES string of the molecule is Fc1cccc(N2CCC[C@@H](N3CCc4c(N5CCOCC5)ccnc43)C2)c1. The summed E-state index contributed by atoms with van der Waals surface area (Å²) < 4.78 is 19.2. The molecule has 0 bridgehead atoms. The van der Waals surface area contributed by atoms with Crippen molar-refractivity contribution >= 4 is 17.2 Å². The van der Waals surface area contributed by atoms with Crippen molar-refractivity contribution in [1.29, 1.82) is 0 Å². The summed E-state index contributed by atoms with van der Waals surface area (Å²) in [5, 5.41) is 0. The first-order valence-corrected chi connectivity index (χ1v) is 10.4. The molecule has 28 heavy (non-hydrogen) atoms. The number of benzene rings is 1. The number of halogens is 1. The molecule has 3 aliphatic heterocycles. The highest BCUT2D eigenvalue weighted by atomic mass is 19.1. The summed E-state index contributed by atoms with van der Waals surface area (Å²) in [6.07, 6.45) is 5.28. The second kappa shape index (κ2) is 7.59. The lowest BCUT2D eigenvalue weighted by Crippen LogP contribution is -2.48. The van der Waals surface area contributed by atoms with Gasteiger partial charge in [-0.2, -0.15) is 0 Å². The smallest absolute Gasteiger partial charge is 0.134 e. The van der Waals surface area contributed by atoms with Crippen molar-refractivity contribution in [2.24, 2.45) is 0 Å². The van der Waals surface area contributed by atoms with Crippen molar-refractivity contribution in [2.45, 2.75) is 25.3 Å². The number of aromatic nitrogens is 1. The first kappa shape index (κ1) is 17.7. The van der Waals surface area contributed by atoms with Gasteiger partial charge in [0.15, 0.2) is 0 Å². The molecule has 2 saturated heterocycles. The molecule has 2 aromatic rings. The second-order valence-corrected chi connectivity index (χ2v) is 7.90. The Morgan fingerprint density at radius 3 is 2.79 bits per heavy atom. The highest BCUT2D eigenvalue weighted by molar-refractivity contribution is 5.68. The molecular formula is C22H27FN4O. The molecule has 4 heterocycles. The molecule has 0 radical (unpaired) electrons. The quantitative estimate of drug-likeness (QED) is 0.815. The lowest BCUT2D eigenvalue weighted by atomic mass is 10.0. The average molecular weight is 382 g/mol. The minimum atomic E-state index is -0.164. The van der Waals surface area contributed by atoms with Gasteiger partial charge in [0.2, 0.25) is 0 Å². The summed E-state index contributed by atoms with van der Waals surface area (Å²) in [5.74, 6) is 0.984. The summed E-state index contributed by atoms with van der Waals surface area (Å²) in [4.78, 5) is 12.0. The fourth-order valence-electron chi connectivity index (χ4n) is 4.87. The third-order valence-corrected chi connectivity index (χ3v) is 6.25. The van der Waals surface area contributed by atoms with Crippen LogP contribution in [0.3, 0.4) is 0 Å². The zero-order chi connectivity index (χ0) is 18.9. The zero-order valence-electron chi connectivity index (χ0n) is 16.2. The molecule has 2 fully saturated rings. The number of pyridine rings is 1. The molecule has 6 heteroatoms. The van der Waals surface area contributed by atoms with Gasteiger partial charge in [0.1, 0.15) is 11.6 Å². The van der Waals surface area contributed by atoms with Gasteiger partial charge in [0.25, 0.3) is 0 Å². The Labute approximate surface area is 165 Å². The Kier molecular flexibility index (Phi) is 4.81.